The summed E-state index contributed by atoms with van der Waals surface area (Å²) in [7, 11) is 0. The quantitative estimate of drug-likeness (QED) is 0.604. The average molecular weight is 242 g/mol. The normalized spacial score (nSPS) is 11.2. The van der Waals surface area contributed by atoms with Gasteiger partial charge < -0.3 is 5.32 Å². The second kappa shape index (κ2) is 6.71. The first-order valence-corrected chi connectivity index (χ1v) is 6.18. The Hall–Kier alpha value is -1.94. The van der Waals surface area contributed by atoms with Crippen LogP contribution in [0.2, 0.25) is 0 Å². The zero-order valence-electron chi connectivity index (χ0n) is 10.6. The third-order valence-electron chi connectivity index (χ3n) is 2.68. The fourth-order valence-electron chi connectivity index (χ4n) is 1.76. The summed E-state index contributed by atoms with van der Waals surface area (Å²) in [6, 6.07) is 10.1. The number of nitrogens with zero attached hydrogens (tertiary/aromatic N) is 2. The molecule has 1 aromatic heterocycles. The van der Waals surface area contributed by atoms with Crippen LogP contribution in [-0.2, 0) is 6.54 Å². The molecule has 0 aliphatic heterocycles. The van der Waals surface area contributed by atoms with Crippen LogP contribution < -0.4 is 5.32 Å². The Balaban J connectivity index is 1.96. The Morgan fingerprint density at radius 2 is 2.06 bits per heavy atom. The molecule has 0 saturated heterocycles. The van der Waals surface area contributed by atoms with Crippen molar-refractivity contribution in [3.8, 4) is 11.3 Å². The molecule has 2 aromatic rings. The smallest absolute Gasteiger partial charge is 0.117 e. The highest BCUT2D eigenvalue weighted by atomic mass is 15.3. The van der Waals surface area contributed by atoms with Gasteiger partial charge in [0.05, 0.1) is 0 Å². The van der Waals surface area contributed by atoms with Gasteiger partial charge in [-0.25, -0.2) is 0 Å². The topological polar surface area (TPSA) is 53.6 Å². The molecule has 0 fully saturated rings. The number of H-pyrrole nitrogens is 1. The van der Waals surface area contributed by atoms with Gasteiger partial charge in [-0.05, 0) is 19.9 Å². The Bertz CT molecular complexity index is 488. The zero-order chi connectivity index (χ0) is 12.6. The van der Waals surface area contributed by atoms with Crippen molar-refractivity contribution in [2.75, 3.05) is 6.54 Å². The summed E-state index contributed by atoms with van der Waals surface area (Å²) in [5, 5.41) is 14.5. The van der Waals surface area contributed by atoms with Gasteiger partial charge in [0.2, 0.25) is 0 Å². The molecular formula is C14H18N4. The van der Waals surface area contributed by atoms with Crippen LogP contribution in [0.5, 0.6) is 0 Å². The average Bonchev–Trinajstić information content (AvgIpc) is 2.88. The van der Waals surface area contributed by atoms with Crippen LogP contribution in [0.1, 0.15) is 19.0 Å². The summed E-state index contributed by atoms with van der Waals surface area (Å²) in [5.41, 5.74) is 2.98. The van der Waals surface area contributed by atoms with Gasteiger partial charge in [-0.15, -0.1) is 0 Å². The minimum atomic E-state index is 0.734. The van der Waals surface area contributed by atoms with E-state index in [-0.39, 0.29) is 0 Å². The van der Waals surface area contributed by atoms with Crippen molar-refractivity contribution in [3.05, 3.63) is 48.2 Å². The second-order valence-electron chi connectivity index (χ2n) is 4.02. The van der Waals surface area contributed by atoms with E-state index in [4.69, 9.17) is 0 Å². The molecule has 4 heteroatoms. The number of hydrogen-bond acceptors (Lipinski definition) is 3. The number of allylic oxidation sites excluding steroid dienone is 1. The Morgan fingerprint density at radius 3 is 2.83 bits per heavy atom. The molecule has 0 unspecified atom stereocenters. The first-order chi connectivity index (χ1) is 8.92. The number of benzene rings is 1. The van der Waals surface area contributed by atoms with Gasteiger partial charge in [0, 0.05) is 12.1 Å². The first kappa shape index (κ1) is 12.5. The SMILES string of the molecule is C/C=C/CCNCc1n[nH]nc1-c1ccccc1. The van der Waals surface area contributed by atoms with Crippen LogP contribution in [0, 0.1) is 0 Å². The first-order valence-electron chi connectivity index (χ1n) is 6.18. The van der Waals surface area contributed by atoms with Crippen molar-refractivity contribution in [2.45, 2.75) is 19.9 Å². The van der Waals surface area contributed by atoms with Crippen molar-refractivity contribution in [3.63, 3.8) is 0 Å². The van der Waals surface area contributed by atoms with E-state index in [0.717, 1.165) is 36.5 Å². The maximum Gasteiger partial charge on any atom is 0.117 e. The van der Waals surface area contributed by atoms with E-state index in [1.54, 1.807) is 0 Å². The van der Waals surface area contributed by atoms with E-state index in [0.29, 0.717) is 0 Å². The van der Waals surface area contributed by atoms with Crippen molar-refractivity contribution in [1.29, 1.82) is 0 Å². The van der Waals surface area contributed by atoms with Crippen molar-refractivity contribution >= 4 is 0 Å². The van der Waals surface area contributed by atoms with Crippen molar-refractivity contribution < 1.29 is 0 Å². The largest absolute Gasteiger partial charge is 0.311 e. The summed E-state index contributed by atoms with van der Waals surface area (Å²) in [6.07, 6.45) is 5.25. The zero-order valence-corrected chi connectivity index (χ0v) is 10.6. The Kier molecular flexibility index (Phi) is 4.67. The summed E-state index contributed by atoms with van der Waals surface area (Å²) >= 11 is 0. The summed E-state index contributed by atoms with van der Waals surface area (Å²) in [6.45, 7) is 3.72. The molecule has 0 radical (unpaired) electrons. The standard InChI is InChI=1S/C14H18N4/c1-2-3-7-10-15-11-13-14(17-18-16-13)12-8-5-4-6-9-12/h2-6,8-9,15H,7,10-11H2,1H3,(H,16,17,18)/b3-2+. The number of nitrogens with one attached hydrogen (secondary N) is 2. The Morgan fingerprint density at radius 1 is 1.22 bits per heavy atom. The van der Waals surface area contributed by atoms with Gasteiger partial charge in [0.1, 0.15) is 11.4 Å². The van der Waals surface area contributed by atoms with E-state index in [9.17, 15) is 0 Å². The molecule has 1 aromatic carbocycles. The lowest BCUT2D eigenvalue weighted by molar-refractivity contribution is 0.680. The fraction of sp³-hybridized carbons (Fsp3) is 0.286. The van der Waals surface area contributed by atoms with Crippen LogP contribution >= 0.6 is 0 Å². The van der Waals surface area contributed by atoms with Gasteiger partial charge in [-0.3, -0.25) is 0 Å². The minimum Gasteiger partial charge on any atom is -0.311 e. The summed E-state index contributed by atoms with van der Waals surface area (Å²) in [5.74, 6) is 0. The van der Waals surface area contributed by atoms with Gasteiger partial charge in [0.25, 0.3) is 0 Å². The lowest BCUT2D eigenvalue weighted by Gasteiger charge is -2.02. The lowest BCUT2D eigenvalue weighted by Crippen LogP contribution is -2.15. The highest BCUT2D eigenvalue weighted by Crippen LogP contribution is 2.18. The molecule has 0 aliphatic rings. The molecule has 0 saturated carbocycles. The molecular weight excluding hydrogens is 224 g/mol. The molecule has 1 heterocycles. The van der Waals surface area contributed by atoms with Crippen LogP contribution in [0.3, 0.4) is 0 Å². The molecule has 0 atom stereocenters. The Labute approximate surface area is 107 Å². The number of aromatic amines is 1. The maximum atomic E-state index is 4.21. The third-order valence-corrected chi connectivity index (χ3v) is 2.68. The fourth-order valence-corrected chi connectivity index (χ4v) is 1.76. The predicted molar refractivity (Wildman–Crippen MR) is 73.0 cm³/mol. The molecule has 2 N–H and O–H groups in total. The second-order valence-corrected chi connectivity index (χ2v) is 4.02. The number of hydrogen-bond donors (Lipinski definition) is 2. The van der Waals surface area contributed by atoms with Crippen LogP contribution in [0.25, 0.3) is 11.3 Å². The summed E-state index contributed by atoms with van der Waals surface area (Å²) in [4.78, 5) is 0. The van der Waals surface area contributed by atoms with Crippen molar-refractivity contribution in [2.24, 2.45) is 0 Å². The van der Waals surface area contributed by atoms with Gasteiger partial charge >= 0.3 is 0 Å². The van der Waals surface area contributed by atoms with E-state index in [2.05, 4.69) is 32.9 Å². The van der Waals surface area contributed by atoms with E-state index in [1.165, 1.54) is 0 Å². The molecule has 0 bridgehead atoms. The van der Waals surface area contributed by atoms with Crippen molar-refractivity contribution in [1.82, 2.24) is 20.7 Å². The van der Waals surface area contributed by atoms with E-state index < -0.39 is 0 Å². The molecule has 4 nitrogen and oxygen atoms in total. The molecule has 94 valence electrons. The molecule has 0 spiro atoms. The van der Waals surface area contributed by atoms with Crippen LogP contribution in [0.4, 0.5) is 0 Å². The molecule has 2 rings (SSSR count). The molecule has 18 heavy (non-hydrogen) atoms. The van der Waals surface area contributed by atoms with Gasteiger partial charge in [-0.1, -0.05) is 42.5 Å². The highest BCUT2D eigenvalue weighted by molar-refractivity contribution is 5.60. The maximum absolute atomic E-state index is 4.21. The number of rotatable bonds is 6. The molecule has 0 aliphatic carbocycles. The highest BCUT2D eigenvalue weighted by Gasteiger charge is 2.08. The van der Waals surface area contributed by atoms with E-state index >= 15 is 0 Å². The lowest BCUT2D eigenvalue weighted by atomic mass is 10.1. The minimum absolute atomic E-state index is 0.734. The monoisotopic (exact) mass is 242 g/mol. The van der Waals surface area contributed by atoms with Crippen LogP contribution in [-0.4, -0.2) is 22.0 Å². The third kappa shape index (κ3) is 3.28. The van der Waals surface area contributed by atoms with Gasteiger partial charge in [-0.2, -0.15) is 15.4 Å². The van der Waals surface area contributed by atoms with Gasteiger partial charge in [0.15, 0.2) is 0 Å². The molecule has 0 amide bonds. The number of aromatic nitrogens is 3. The summed E-state index contributed by atoms with van der Waals surface area (Å²) < 4.78 is 0. The van der Waals surface area contributed by atoms with E-state index in [1.807, 2.05) is 37.3 Å². The predicted octanol–water partition coefficient (Wildman–Crippen LogP) is 2.53. The van der Waals surface area contributed by atoms with Crippen LogP contribution in [0.15, 0.2) is 42.5 Å².